The summed E-state index contributed by atoms with van der Waals surface area (Å²) in [6.45, 7) is 0. The molecule has 36 valence electrons. The van der Waals surface area contributed by atoms with Crippen molar-refractivity contribution < 1.29 is 21.9 Å². The molecular formula is H8BNaO4. The Labute approximate surface area is 60.0 Å². The molecule has 0 aliphatic carbocycles. The van der Waals surface area contributed by atoms with E-state index in [1.54, 1.807) is 0 Å². The summed E-state index contributed by atoms with van der Waals surface area (Å²) in [4.78, 5) is 0. The van der Waals surface area contributed by atoms with Gasteiger partial charge in [0.2, 0.25) is 0 Å². The summed E-state index contributed by atoms with van der Waals surface area (Å²) in [6.07, 6.45) is 0. The van der Waals surface area contributed by atoms with Crippen molar-refractivity contribution in [3.63, 3.8) is 0 Å². The Bertz CT molecular complexity index is 7.51. The third-order valence-electron chi connectivity index (χ3n) is 0. The second-order valence-corrected chi connectivity index (χ2v) is 0. The van der Waals surface area contributed by atoms with E-state index in [1.807, 2.05) is 0 Å². The predicted octanol–water partition coefficient (Wildman–Crippen LogP) is -4.06. The van der Waals surface area contributed by atoms with Crippen LogP contribution in [-0.2, 0) is 0 Å². The average Bonchev–Trinajstić information content (AvgIpc) is 0. The molecule has 0 atom stereocenters. The normalized spacial score (nSPS) is 0. The van der Waals surface area contributed by atoms with E-state index in [0.29, 0.717) is 0 Å². The van der Waals surface area contributed by atoms with Gasteiger partial charge in [0.05, 0.1) is 0 Å². The minimum absolute atomic E-state index is 0. The first-order valence-electron chi connectivity index (χ1n) is 0. The third-order valence-corrected chi connectivity index (χ3v) is 0. The number of rotatable bonds is 0. The molecule has 0 spiro atoms. The summed E-state index contributed by atoms with van der Waals surface area (Å²) < 4.78 is 0. The average molecular weight is 106 g/mol. The van der Waals surface area contributed by atoms with Crippen LogP contribution in [0.25, 0.3) is 0 Å². The first-order valence-corrected chi connectivity index (χ1v) is 0. The van der Waals surface area contributed by atoms with Crippen LogP contribution >= 0.6 is 0 Å². The van der Waals surface area contributed by atoms with Crippen molar-refractivity contribution in [1.29, 1.82) is 0 Å². The van der Waals surface area contributed by atoms with E-state index in [-0.39, 0.29) is 59.9 Å². The summed E-state index contributed by atoms with van der Waals surface area (Å²) in [5, 5.41) is 0. The zero-order chi connectivity index (χ0) is 0. The van der Waals surface area contributed by atoms with E-state index in [1.165, 1.54) is 0 Å². The van der Waals surface area contributed by atoms with Gasteiger partial charge in [-0.2, -0.15) is 0 Å². The van der Waals surface area contributed by atoms with Crippen molar-refractivity contribution in [3.8, 4) is 0 Å². The summed E-state index contributed by atoms with van der Waals surface area (Å²) in [5.41, 5.74) is 0. The summed E-state index contributed by atoms with van der Waals surface area (Å²) in [5.74, 6) is 0. The zero-order valence-corrected chi connectivity index (χ0v) is 5.58. The van der Waals surface area contributed by atoms with E-state index in [0.717, 1.165) is 0 Å². The Kier molecular flexibility index (Phi) is 8500. The van der Waals surface area contributed by atoms with Gasteiger partial charge in [-0.25, -0.2) is 0 Å². The van der Waals surface area contributed by atoms with Crippen LogP contribution in [0.1, 0.15) is 0 Å². The van der Waals surface area contributed by atoms with E-state index in [9.17, 15) is 0 Å². The van der Waals surface area contributed by atoms with E-state index < -0.39 is 0 Å². The first kappa shape index (κ1) is 294. The summed E-state index contributed by atoms with van der Waals surface area (Å²) in [6, 6.07) is 0. The Morgan fingerprint density at radius 2 is 0.500 bits per heavy atom. The number of hydrogen-bond donors (Lipinski definition) is 0. The minimum atomic E-state index is 0. The molecule has 0 fully saturated rings. The second kappa shape index (κ2) is 173. The van der Waals surface area contributed by atoms with Crippen LogP contribution in [-0.4, -0.2) is 59.9 Å². The van der Waals surface area contributed by atoms with Crippen LogP contribution in [0, 0.1) is 0 Å². The molecule has 0 amide bonds. The van der Waals surface area contributed by atoms with Gasteiger partial charge in [-0.3, -0.25) is 0 Å². The SMILES string of the molecule is O.O.O.O.[B].[Na]. The van der Waals surface area contributed by atoms with Crippen LogP contribution in [0.5, 0.6) is 0 Å². The molecule has 0 bridgehead atoms. The molecule has 0 aromatic carbocycles. The fourth-order valence-electron chi connectivity index (χ4n) is 0. The second-order valence-electron chi connectivity index (χ2n) is 0. The maximum Gasteiger partial charge on any atom is 0 e. The molecule has 4 radical (unpaired) electrons. The van der Waals surface area contributed by atoms with Crippen LogP contribution in [0.4, 0.5) is 0 Å². The molecule has 6 heteroatoms. The predicted molar refractivity (Wildman–Crippen MR) is 26.0 cm³/mol. The van der Waals surface area contributed by atoms with Gasteiger partial charge in [-0.1, -0.05) is 0 Å². The van der Waals surface area contributed by atoms with E-state index >= 15 is 0 Å². The molecule has 0 aliphatic heterocycles. The maximum atomic E-state index is 0. The van der Waals surface area contributed by atoms with Gasteiger partial charge in [0.15, 0.2) is 0 Å². The van der Waals surface area contributed by atoms with Crippen molar-refractivity contribution in [2.24, 2.45) is 0 Å². The summed E-state index contributed by atoms with van der Waals surface area (Å²) in [7, 11) is 0. The third kappa shape index (κ3) is 91.3. The molecule has 0 rings (SSSR count). The maximum absolute atomic E-state index is 0. The van der Waals surface area contributed by atoms with E-state index in [2.05, 4.69) is 0 Å². The van der Waals surface area contributed by atoms with Gasteiger partial charge in [0, 0.05) is 38.0 Å². The van der Waals surface area contributed by atoms with Crippen LogP contribution in [0.15, 0.2) is 0 Å². The van der Waals surface area contributed by atoms with Gasteiger partial charge in [0.1, 0.15) is 0 Å². The van der Waals surface area contributed by atoms with Gasteiger partial charge in [0.25, 0.3) is 0 Å². The fourth-order valence-corrected chi connectivity index (χ4v) is 0. The zero-order valence-electron chi connectivity index (χ0n) is 3.58. The molecule has 0 aromatic rings. The molecular weight excluding hydrogens is 97.8 g/mol. The van der Waals surface area contributed by atoms with Crippen molar-refractivity contribution in [2.75, 3.05) is 0 Å². The van der Waals surface area contributed by atoms with Crippen LogP contribution < -0.4 is 0 Å². The smallest absolute Gasteiger partial charge is 0 e. The van der Waals surface area contributed by atoms with Crippen LogP contribution in [0.2, 0.25) is 0 Å². The standard InChI is InChI=1S/B.Na.4H2O/h;;4*1H2. The topological polar surface area (TPSA) is 126 Å². The molecule has 0 saturated heterocycles. The molecule has 0 heterocycles. The Balaban J connectivity index is 0. The monoisotopic (exact) mass is 106 g/mol. The van der Waals surface area contributed by atoms with Gasteiger partial charge < -0.3 is 21.9 Å². The van der Waals surface area contributed by atoms with Gasteiger partial charge >= 0.3 is 0 Å². The number of hydrogen-bond acceptors (Lipinski definition) is 0. The fraction of sp³-hybridized carbons (Fsp3) is 0. The summed E-state index contributed by atoms with van der Waals surface area (Å²) >= 11 is 0. The Hall–Kier alpha value is 0.905. The molecule has 0 saturated carbocycles. The van der Waals surface area contributed by atoms with Gasteiger partial charge in [-0.15, -0.1) is 0 Å². The molecule has 0 aromatic heterocycles. The van der Waals surface area contributed by atoms with Crippen LogP contribution in [0.3, 0.4) is 0 Å². The van der Waals surface area contributed by atoms with Crippen molar-refractivity contribution in [1.82, 2.24) is 0 Å². The largest absolute Gasteiger partial charge is 0.412 e. The van der Waals surface area contributed by atoms with Gasteiger partial charge in [-0.05, 0) is 0 Å². The molecule has 8 N–H and O–H groups in total. The Morgan fingerprint density at radius 1 is 0.500 bits per heavy atom. The van der Waals surface area contributed by atoms with E-state index in [4.69, 9.17) is 0 Å². The quantitative estimate of drug-likeness (QED) is 0.278. The molecule has 4 nitrogen and oxygen atoms in total. The molecule has 6 heavy (non-hydrogen) atoms. The minimum Gasteiger partial charge on any atom is -0.412 e. The first-order chi connectivity index (χ1) is 0. The van der Waals surface area contributed by atoms with Crippen molar-refractivity contribution in [3.05, 3.63) is 0 Å². The van der Waals surface area contributed by atoms with Crippen molar-refractivity contribution in [2.45, 2.75) is 0 Å². The van der Waals surface area contributed by atoms with Crippen molar-refractivity contribution >= 4 is 38.0 Å². The Morgan fingerprint density at radius 3 is 0.500 bits per heavy atom. The molecule has 0 unspecified atom stereocenters. The molecule has 0 aliphatic rings.